The summed E-state index contributed by atoms with van der Waals surface area (Å²) in [4.78, 5) is 2.28. The third-order valence-corrected chi connectivity index (χ3v) is 2.67. The molecule has 0 bridgehead atoms. The Morgan fingerprint density at radius 2 is 2.07 bits per heavy atom. The first-order chi connectivity index (χ1) is 6.63. The normalized spacial score (nSPS) is 16.4. The minimum atomic E-state index is 0.424. The predicted molar refractivity (Wildman–Crippen MR) is 57.3 cm³/mol. The van der Waals surface area contributed by atoms with E-state index >= 15 is 0 Å². The van der Waals surface area contributed by atoms with Gasteiger partial charge in [-0.3, -0.25) is 4.90 Å². The molecule has 0 aromatic carbocycles. The largest absolute Gasteiger partial charge is 0.373 e. The zero-order chi connectivity index (χ0) is 10.3. The van der Waals surface area contributed by atoms with Gasteiger partial charge in [-0.2, -0.15) is 5.10 Å². The van der Waals surface area contributed by atoms with Crippen molar-refractivity contribution in [3.63, 3.8) is 0 Å². The van der Waals surface area contributed by atoms with Gasteiger partial charge in [0.05, 0.1) is 5.69 Å². The van der Waals surface area contributed by atoms with E-state index in [0.717, 1.165) is 13.1 Å². The Morgan fingerprint density at radius 3 is 2.64 bits per heavy atom. The fourth-order valence-corrected chi connectivity index (χ4v) is 2.03. The van der Waals surface area contributed by atoms with Crippen molar-refractivity contribution in [2.45, 2.75) is 33.0 Å². The molecule has 2 heterocycles. The molecule has 0 unspecified atom stereocenters. The molecule has 1 aliphatic heterocycles. The molecule has 2 rings (SSSR count). The number of hydrogen-bond acceptors (Lipinski definition) is 3. The Balaban J connectivity index is 2.43. The van der Waals surface area contributed by atoms with Crippen LogP contribution in [-0.2, 0) is 13.1 Å². The van der Waals surface area contributed by atoms with E-state index in [9.17, 15) is 0 Å². The van der Waals surface area contributed by atoms with Crippen LogP contribution in [-0.4, -0.2) is 28.8 Å². The lowest BCUT2D eigenvalue weighted by Crippen LogP contribution is -2.14. The number of nitrogens with zero attached hydrogens (tertiary/aromatic N) is 3. The van der Waals surface area contributed by atoms with Crippen molar-refractivity contribution < 1.29 is 0 Å². The highest BCUT2D eigenvalue weighted by Gasteiger charge is 2.25. The summed E-state index contributed by atoms with van der Waals surface area (Å²) in [7, 11) is 4.09. The number of hydrogen-bond donors (Lipinski definition) is 1. The van der Waals surface area contributed by atoms with Gasteiger partial charge in [0, 0.05) is 31.7 Å². The Hall–Kier alpha value is -1.03. The highest BCUT2D eigenvalue weighted by molar-refractivity contribution is 5.49. The van der Waals surface area contributed by atoms with E-state index in [2.05, 4.69) is 40.9 Å². The van der Waals surface area contributed by atoms with Crippen molar-refractivity contribution in [2.24, 2.45) is 0 Å². The van der Waals surface area contributed by atoms with Gasteiger partial charge >= 0.3 is 0 Å². The first kappa shape index (κ1) is 9.52. The first-order valence-corrected chi connectivity index (χ1v) is 5.10. The molecule has 0 saturated carbocycles. The molecule has 0 atom stereocenters. The SMILES string of the molecule is CNc1c2c(nn1C(C)C)CN(C)C2. The van der Waals surface area contributed by atoms with Crippen LogP contribution in [0.25, 0.3) is 0 Å². The van der Waals surface area contributed by atoms with E-state index in [1.807, 2.05) is 7.05 Å². The summed E-state index contributed by atoms with van der Waals surface area (Å²) in [6, 6.07) is 0.424. The molecule has 0 radical (unpaired) electrons. The number of nitrogens with one attached hydrogen (secondary N) is 1. The van der Waals surface area contributed by atoms with Crippen LogP contribution in [0.2, 0.25) is 0 Å². The first-order valence-electron chi connectivity index (χ1n) is 5.10. The highest BCUT2D eigenvalue weighted by Crippen LogP contribution is 2.29. The van der Waals surface area contributed by atoms with Crippen LogP contribution < -0.4 is 5.32 Å². The molecular formula is C10H18N4. The zero-order valence-electron chi connectivity index (χ0n) is 9.33. The Morgan fingerprint density at radius 1 is 1.36 bits per heavy atom. The lowest BCUT2D eigenvalue weighted by molar-refractivity contribution is 0.344. The molecule has 0 fully saturated rings. The van der Waals surface area contributed by atoms with Crippen molar-refractivity contribution in [2.75, 3.05) is 19.4 Å². The minimum absolute atomic E-state index is 0.424. The van der Waals surface area contributed by atoms with E-state index in [-0.39, 0.29) is 0 Å². The van der Waals surface area contributed by atoms with Gasteiger partial charge in [-0.25, -0.2) is 4.68 Å². The van der Waals surface area contributed by atoms with Crippen LogP contribution in [0, 0.1) is 0 Å². The van der Waals surface area contributed by atoms with Crippen LogP contribution in [0.5, 0.6) is 0 Å². The molecular weight excluding hydrogens is 176 g/mol. The minimum Gasteiger partial charge on any atom is -0.373 e. The highest BCUT2D eigenvalue weighted by atomic mass is 15.4. The summed E-state index contributed by atoms with van der Waals surface area (Å²) >= 11 is 0. The van der Waals surface area contributed by atoms with E-state index in [4.69, 9.17) is 0 Å². The number of rotatable bonds is 2. The summed E-state index contributed by atoms with van der Waals surface area (Å²) in [6.07, 6.45) is 0. The molecule has 1 aromatic rings. The van der Waals surface area contributed by atoms with Crippen molar-refractivity contribution in [1.29, 1.82) is 0 Å². The molecule has 1 aromatic heterocycles. The molecule has 1 N–H and O–H groups in total. The van der Waals surface area contributed by atoms with Crippen molar-refractivity contribution >= 4 is 5.82 Å². The predicted octanol–water partition coefficient (Wildman–Crippen LogP) is 1.45. The summed E-state index contributed by atoms with van der Waals surface area (Å²) in [5.41, 5.74) is 2.59. The fraction of sp³-hybridized carbons (Fsp3) is 0.700. The maximum atomic E-state index is 4.62. The lowest BCUT2D eigenvalue weighted by Gasteiger charge is -2.13. The van der Waals surface area contributed by atoms with E-state index in [0.29, 0.717) is 6.04 Å². The second-order valence-corrected chi connectivity index (χ2v) is 4.23. The second kappa shape index (κ2) is 3.28. The molecule has 0 spiro atoms. The van der Waals surface area contributed by atoms with Crippen LogP contribution in [0.3, 0.4) is 0 Å². The maximum absolute atomic E-state index is 4.62. The van der Waals surface area contributed by atoms with Gasteiger partial charge < -0.3 is 5.32 Å². The maximum Gasteiger partial charge on any atom is 0.129 e. The number of anilines is 1. The molecule has 0 aliphatic carbocycles. The molecule has 1 aliphatic rings. The monoisotopic (exact) mass is 194 g/mol. The quantitative estimate of drug-likeness (QED) is 0.773. The molecule has 0 amide bonds. The Kier molecular flexibility index (Phi) is 2.23. The standard InChI is InChI=1S/C10H18N4/c1-7(2)14-10(11-3)8-5-13(4)6-9(8)12-14/h7,11H,5-6H2,1-4H3. The van der Waals surface area contributed by atoms with Crippen LogP contribution in [0.1, 0.15) is 31.1 Å². The van der Waals surface area contributed by atoms with Gasteiger partial charge in [0.15, 0.2) is 0 Å². The van der Waals surface area contributed by atoms with E-state index in [1.54, 1.807) is 0 Å². The Bertz CT molecular complexity index is 340. The molecule has 4 nitrogen and oxygen atoms in total. The van der Waals surface area contributed by atoms with E-state index < -0.39 is 0 Å². The van der Waals surface area contributed by atoms with Crippen LogP contribution in [0.4, 0.5) is 5.82 Å². The second-order valence-electron chi connectivity index (χ2n) is 4.23. The van der Waals surface area contributed by atoms with Gasteiger partial charge in [-0.1, -0.05) is 0 Å². The van der Waals surface area contributed by atoms with Gasteiger partial charge in [0.1, 0.15) is 5.82 Å². The van der Waals surface area contributed by atoms with Gasteiger partial charge in [0.2, 0.25) is 0 Å². The average molecular weight is 194 g/mol. The molecule has 0 saturated heterocycles. The van der Waals surface area contributed by atoms with E-state index in [1.165, 1.54) is 17.1 Å². The number of aromatic nitrogens is 2. The van der Waals surface area contributed by atoms with Crippen molar-refractivity contribution in [3.8, 4) is 0 Å². The summed E-state index contributed by atoms with van der Waals surface area (Å²) in [5.74, 6) is 1.18. The number of fused-ring (bicyclic) bond motifs is 1. The van der Waals surface area contributed by atoms with Gasteiger partial charge in [0.25, 0.3) is 0 Å². The van der Waals surface area contributed by atoms with Crippen LogP contribution in [0.15, 0.2) is 0 Å². The van der Waals surface area contributed by atoms with Crippen molar-refractivity contribution in [3.05, 3.63) is 11.3 Å². The molecule has 14 heavy (non-hydrogen) atoms. The fourth-order valence-electron chi connectivity index (χ4n) is 2.03. The van der Waals surface area contributed by atoms with Gasteiger partial charge in [-0.05, 0) is 20.9 Å². The van der Waals surface area contributed by atoms with Crippen LogP contribution >= 0.6 is 0 Å². The molecule has 78 valence electrons. The topological polar surface area (TPSA) is 33.1 Å². The summed E-state index contributed by atoms with van der Waals surface area (Å²) < 4.78 is 2.08. The molecule has 4 heteroatoms. The summed E-state index contributed by atoms with van der Waals surface area (Å²) in [5, 5.41) is 7.88. The van der Waals surface area contributed by atoms with Crippen molar-refractivity contribution in [1.82, 2.24) is 14.7 Å². The third-order valence-electron chi connectivity index (χ3n) is 2.67. The summed E-state index contributed by atoms with van der Waals surface area (Å²) in [6.45, 7) is 6.31. The Labute approximate surface area is 84.9 Å². The average Bonchev–Trinajstić information content (AvgIpc) is 2.59. The zero-order valence-corrected chi connectivity index (χ0v) is 9.33. The lowest BCUT2D eigenvalue weighted by atomic mass is 10.3. The van der Waals surface area contributed by atoms with Gasteiger partial charge in [-0.15, -0.1) is 0 Å². The third kappa shape index (κ3) is 1.30. The smallest absolute Gasteiger partial charge is 0.129 e.